The molecule has 0 spiro atoms. The number of Topliss-reactive ketones (excluding diaryl/α,β-unsaturated/α-hetero) is 1. The van der Waals surface area contributed by atoms with Crippen molar-refractivity contribution in [2.24, 2.45) is 5.73 Å². The first-order chi connectivity index (χ1) is 7.82. The Kier molecular flexibility index (Phi) is 4.33. The summed E-state index contributed by atoms with van der Waals surface area (Å²) in [4.78, 5) is 12.1. The molecule has 0 aromatic heterocycles. The highest BCUT2D eigenvalue weighted by Crippen LogP contribution is 2.36. The minimum absolute atomic E-state index is 0.0943. The van der Waals surface area contributed by atoms with Gasteiger partial charge in [-0.15, -0.1) is 0 Å². The monoisotopic (exact) mass is 299 g/mol. The number of ether oxygens (including phenoxy) is 1. The maximum Gasteiger partial charge on any atom is 0.183 e. The lowest BCUT2D eigenvalue weighted by molar-refractivity contribution is 0.0964. The van der Waals surface area contributed by atoms with Gasteiger partial charge in [-0.25, -0.2) is 0 Å². The zero-order valence-corrected chi connectivity index (χ0v) is 12.4. The van der Waals surface area contributed by atoms with Crippen molar-refractivity contribution in [1.82, 2.24) is 0 Å². The van der Waals surface area contributed by atoms with Gasteiger partial charge >= 0.3 is 0 Å². The van der Waals surface area contributed by atoms with Crippen LogP contribution in [0.25, 0.3) is 0 Å². The Bertz CT molecular complexity index is 467. The quantitative estimate of drug-likeness (QED) is 0.873. The lowest BCUT2D eigenvalue weighted by Crippen LogP contribution is -2.28. The first-order valence-electron chi connectivity index (χ1n) is 5.45. The summed E-state index contributed by atoms with van der Waals surface area (Å²) in [5, 5.41) is 0. The number of benzene rings is 1. The second kappa shape index (κ2) is 5.19. The highest BCUT2D eigenvalue weighted by atomic mass is 79.9. The molecule has 0 amide bonds. The van der Waals surface area contributed by atoms with Crippen molar-refractivity contribution in [3.8, 4) is 5.75 Å². The number of carbonyl (C=O) groups excluding carboxylic acids is 1. The molecule has 1 atom stereocenters. The molecule has 0 aliphatic heterocycles. The highest BCUT2D eigenvalue weighted by molar-refractivity contribution is 9.10. The molecule has 17 heavy (non-hydrogen) atoms. The summed E-state index contributed by atoms with van der Waals surface area (Å²) >= 11 is 3.51. The van der Waals surface area contributed by atoms with E-state index < -0.39 is 6.04 Å². The van der Waals surface area contributed by atoms with Crippen molar-refractivity contribution in [2.45, 2.75) is 33.7 Å². The first kappa shape index (κ1) is 14.2. The lowest BCUT2D eigenvalue weighted by Gasteiger charge is -2.19. The van der Waals surface area contributed by atoms with Gasteiger partial charge in [-0.05, 0) is 44.4 Å². The van der Waals surface area contributed by atoms with Crippen LogP contribution in [-0.4, -0.2) is 18.9 Å². The summed E-state index contributed by atoms with van der Waals surface area (Å²) in [7, 11) is 1.58. The van der Waals surface area contributed by atoms with Crippen molar-refractivity contribution < 1.29 is 9.53 Å². The second-order valence-corrected chi connectivity index (χ2v) is 5.04. The van der Waals surface area contributed by atoms with E-state index in [1.165, 1.54) is 0 Å². The Morgan fingerprint density at radius 1 is 1.24 bits per heavy atom. The minimum Gasteiger partial charge on any atom is -0.496 e. The summed E-state index contributed by atoms with van der Waals surface area (Å²) in [5.41, 5.74) is 9.19. The molecule has 0 radical (unpaired) electrons. The summed E-state index contributed by atoms with van der Waals surface area (Å²) in [6.07, 6.45) is 0. The smallest absolute Gasteiger partial charge is 0.183 e. The Hall–Kier alpha value is -0.870. The predicted octanol–water partition coefficient (Wildman–Crippen LogP) is 2.91. The van der Waals surface area contributed by atoms with Crippen molar-refractivity contribution in [3.05, 3.63) is 26.7 Å². The Balaban J connectivity index is 3.64. The van der Waals surface area contributed by atoms with Crippen LogP contribution in [0, 0.1) is 20.8 Å². The predicted molar refractivity (Wildman–Crippen MR) is 72.9 cm³/mol. The highest BCUT2D eigenvalue weighted by Gasteiger charge is 2.23. The van der Waals surface area contributed by atoms with Gasteiger partial charge in [-0.3, -0.25) is 4.79 Å². The standard InChI is InChI=1S/C13H18BrNO2/c1-6-7(2)13(17-5)10(8(3)11(6)14)12(16)9(4)15/h9H,15H2,1-5H3. The zero-order chi connectivity index (χ0) is 13.3. The third-order valence-corrected chi connectivity index (χ3v) is 4.22. The summed E-state index contributed by atoms with van der Waals surface area (Å²) < 4.78 is 6.31. The topological polar surface area (TPSA) is 52.3 Å². The molecular weight excluding hydrogens is 282 g/mol. The Morgan fingerprint density at radius 2 is 1.76 bits per heavy atom. The number of hydrogen-bond donors (Lipinski definition) is 1. The van der Waals surface area contributed by atoms with Gasteiger partial charge in [0.1, 0.15) is 5.75 Å². The molecule has 0 heterocycles. The van der Waals surface area contributed by atoms with E-state index in [2.05, 4.69) is 15.9 Å². The number of nitrogens with two attached hydrogens (primary N) is 1. The first-order valence-corrected chi connectivity index (χ1v) is 6.25. The largest absolute Gasteiger partial charge is 0.496 e. The average Bonchev–Trinajstić information content (AvgIpc) is 2.29. The molecule has 0 saturated carbocycles. The third kappa shape index (κ3) is 2.38. The van der Waals surface area contributed by atoms with E-state index >= 15 is 0 Å². The summed E-state index contributed by atoms with van der Waals surface area (Å²) in [6.45, 7) is 7.52. The van der Waals surface area contributed by atoms with Crippen molar-refractivity contribution in [3.63, 3.8) is 0 Å². The van der Waals surface area contributed by atoms with Gasteiger partial charge in [0.15, 0.2) is 5.78 Å². The van der Waals surface area contributed by atoms with E-state index in [1.54, 1.807) is 14.0 Å². The van der Waals surface area contributed by atoms with E-state index in [0.29, 0.717) is 11.3 Å². The summed E-state index contributed by atoms with van der Waals surface area (Å²) in [5.74, 6) is 0.536. The number of ketones is 1. The van der Waals surface area contributed by atoms with E-state index in [0.717, 1.165) is 21.2 Å². The average molecular weight is 300 g/mol. The SMILES string of the molecule is COc1c(C)c(C)c(Br)c(C)c1C(=O)C(C)N. The third-order valence-electron chi connectivity index (χ3n) is 3.03. The van der Waals surface area contributed by atoms with Crippen LogP contribution >= 0.6 is 15.9 Å². The van der Waals surface area contributed by atoms with Crippen LogP contribution in [0.3, 0.4) is 0 Å². The maximum absolute atomic E-state index is 12.1. The molecule has 94 valence electrons. The fourth-order valence-electron chi connectivity index (χ4n) is 1.86. The van der Waals surface area contributed by atoms with Gasteiger partial charge in [-0.2, -0.15) is 0 Å². The molecule has 0 saturated heterocycles. The van der Waals surface area contributed by atoms with E-state index in [9.17, 15) is 4.79 Å². The molecule has 0 bridgehead atoms. The van der Waals surface area contributed by atoms with Crippen LogP contribution in [0.15, 0.2) is 4.47 Å². The minimum atomic E-state index is -0.531. The molecule has 1 unspecified atom stereocenters. The number of carbonyl (C=O) groups is 1. The van der Waals surface area contributed by atoms with Crippen LogP contribution in [0.2, 0.25) is 0 Å². The number of halogens is 1. The zero-order valence-electron chi connectivity index (χ0n) is 10.8. The van der Waals surface area contributed by atoms with Crippen LogP contribution in [0.1, 0.15) is 34.0 Å². The van der Waals surface area contributed by atoms with Crippen molar-refractivity contribution in [2.75, 3.05) is 7.11 Å². The van der Waals surface area contributed by atoms with Gasteiger partial charge in [-0.1, -0.05) is 15.9 Å². The Labute approximate surface area is 110 Å². The molecule has 0 aliphatic carbocycles. The van der Waals surface area contributed by atoms with Crippen LogP contribution in [0.4, 0.5) is 0 Å². The Morgan fingerprint density at radius 3 is 2.18 bits per heavy atom. The van der Waals surface area contributed by atoms with Gasteiger partial charge in [0.05, 0.1) is 18.7 Å². The fraction of sp³-hybridized carbons (Fsp3) is 0.462. The maximum atomic E-state index is 12.1. The van der Waals surface area contributed by atoms with Gasteiger partial charge < -0.3 is 10.5 Å². The number of rotatable bonds is 3. The van der Waals surface area contributed by atoms with E-state index in [4.69, 9.17) is 10.5 Å². The molecule has 2 N–H and O–H groups in total. The second-order valence-electron chi connectivity index (χ2n) is 4.25. The molecule has 0 fully saturated rings. The molecule has 4 heteroatoms. The fourth-order valence-corrected chi connectivity index (χ4v) is 2.36. The lowest BCUT2D eigenvalue weighted by atomic mass is 9.94. The van der Waals surface area contributed by atoms with Gasteiger partial charge in [0.25, 0.3) is 0 Å². The van der Waals surface area contributed by atoms with Gasteiger partial charge in [0, 0.05) is 4.47 Å². The van der Waals surface area contributed by atoms with Crippen molar-refractivity contribution >= 4 is 21.7 Å². The molecule has 0 aliphatic rings. The summed E-state index contributed by atoms with van der Waals surface area (Å²) in [6, 6.07) is -0.531. The molecule has 1 rings (SSSR count). The van der Waals surface area contributed by atoms with E-state index in [1.807, 2.05) is 20.8 Å². The van der Waals surface area contributed by atoms with Crippen LogP contribution in [0.5, 0.6) is 5.75 Å². The van der Waals surface area contributed by atoms with Crippen LogP contribution < -0.4 is 10.5 Å². The van der Waals surface area contributed by atoms with Crippen LogP contribution in [-0.2, 0) is 0 Å². The molecule has 1 aromatic rings. The van der Waals surface area contributed by atoms with E-state index in [-0.39, 0.29) is 5.78 Å². The van der Waals surface area contributed by atoms with Gasteiger partial charge in [0.2, 0.25) is 0 Å². The molecular formula is C13H18BrNO2. The number of hydrogen-bond acceptors (Lipinski definition) is 3. The van der Waals surface area contributed by atoms with Crippen molar-refractivity contribution in [1.29, 1.82) is 0 Å². The number of methoxy groups -OCH3 is 1. The molecule has 3 nitrogen and oxygen atoms in total. The molecule has 1 aromatic carbocycles. The normalized spacial score (nSPS) is 12.4.